The summed E-state index contributed by atoms with van der Waals surface area (Å²) in [5, 5.41) is 0. The Balaban J connectivity index is 1.91. The molecule has 1 unspecified atom stereocenters. The molecule has 2 heterocycles. The lowest BCUT2D eigenvalue weighted by Crippen LogP contribution is -2.19. The molecule has 0 aliphatic heterocycles. The zero-order valence-corrected chi connectivity index (χ0v) is 15.4. The largest absolute Gasteiger partial charge is 0.320 e. The highest BCUT2D eigenvalue weighted by Gasteiger charge is 2.17. The maximum atomic E-state index is 12.1. The van der Waals surface area contributed by atoms with E-state index in [1.54, 1.807) is 11.6 Å². The van der Waals surface area contributed by atoms with Crippen molar-refractivity contribution in [1.82, 2.24) is 14.1 Å². The van der Waals surface area contributed by atoms with E-state index in [4.69, 9.17) is 4.98 Å². The SMILES string of the molecule is Cc1cc(-c2nc3ccccc3n2CC2=CC=CCC2C)cn(C)c1=O. The predicted octanol–water partition coefficient (Wildman–Crippen LogP) is 4.23. The van der Waals surface area contributed by atoms with E-state index < -0.39 is 0 Å². The third-order valence-electron chi connectivity index (χ3n) is 5.18. The van der Waals surface area contributed by atoms with Crippen molar-refractivity contribution in [3.05, 3.63) is 76.2 Å². The van der Waals surface area contributed by atoms with E-state index in [1.165, 1.54) is 5.57 Å². The highest BCUT2D eigenvalue weighted by molar-refractivity contribution is 5.80. The molecule has 0 saturated carbocycles. The standard InChI is InChI=1S/C22H23N3O/c1-15-8-4-5-9-17(15)14-25-20-11-7-6-10-19(20)23-21(25)18-12-16(2)22(26)24(3)13-18/h4-7,9-13,15H,8,14H2,1-3H3. The number of pyridine rings is 1. The first-order chi connectivity index (χ1) is 12.5. The van der Waals surface area contributed by atoms with Gasteiger partial charge in [0, 0.05) is 30.9 Å². The van der Waals surface area contributed by atoms with Gasteiger partial charge in [-0.3, -0.25) is 4.79 Å². The van der Waals surface area contributed by atoms with Gasteiger partial charge in [-0.1, -0.05) is 37.3 Å². The van der Waals surface area contributed by atoms with E-state index in [-0.39, 0.29) is 5.56 Å². The van der Waals surface area contributed by atoms with Gasteiger partial charge in [0.05, 0.1) is 11.0 Å². The van der Waals surface area contributed by atoms with Gasteiger partial charge in [0.1, 0.15) is 5.82 Å². The molecule has 0 fully saturated rings. The molecule has 26 heavy (non-hydrogen) atoms. The number of nitrogens with zero attached hydrogens (tertiary/aromatic N) is 3. The van der Waals surface area contributed by atoms with E-state index in [2.05, 4.69) is 41.9 Å². The number of hydrogen-bond acceptors (Lipinski definition) is 2. The molecular weight excluding hydrogens is 322 g/mol. The topological polar surface area (TPSA) is 39.8 Å². The van der Waals surface area contributed by atoms with Crippen LogP contribution in [0.5, 0.6) is 0 Å². The van der Waals surface area contributed by atoms with Crippen molar-refractivity contribution in [2.24, 2.45) is 13.0 Å². The lowest BCUT2D eigenvalue weighted by Gasteiger charge is -2.19. The van der Waals surface area contributed by atoms with Crippen LogP contribution in [0.3, 0.4) is 0 Å². The molecule has 132 valence electrons. The number of aromatic nitrogens is 3. The number of aryl methyl sites for hydroxylation is 2. The Kier molecular flexibility index (Phi) is 4.11. The first kappa shape index (κ1) is 16.6. The first-order valence-electron chi connectivity index (χ1n) is 9.03. The summed E-state index contributed by atoms with van der Waals surface area (Å²) >= 11 is 0. The Labute approximate surface area is 153 Å². The van der Waals surface area contributed by atoms with Crippen molar-refractivity contribution in [3.63, 3.8) is 0 Å². The second-order valence-corrected chi connectivity index (χ2v) is 7.14. The number of rotatable bonds is 3. The van der Waals surface area contributed by atoms with Crippen LogP contribution in [0.15, 0.2) is 65.1 Å². The number of hydrogen-bond donors (Lipinski definition) is 0. The summed E-state index contributed by atoms with van der Waals surface area (Å²) in [5.41, 5.74) is 5.24. The molecule has 0 N–H and O–H groups in total. The first-order valence-corrected chi connectivity index (χ1v) is 9.03. The minimum absolute atomic E-state index is 0.0326. The van der Waals surface area contributed by atoms with Crippen molar-refractivity contribution in [3.8, 4) is 11.4 Å². The maximum Gasteiger partial charge on any atom is 0.253 e. The lowest BCUT2D eigenvalue weighted by atomic mass is 9.93. The Bertz CT molecular complexity index is 1070. The Morgan fingerprint density at radius 2 is 2.08 bits per heavy atom. The highest BCUT2D eigenvalue weighted by atomic mass is 16.1. The number of para-hydroxylation sites is 2. The summed E-state index contributed by atoms with van der Waals surface area (Å²) in [7, 11) is 1.79. The van der Waals surface area contributed by atoms with Crippen molar-refractivity contribution >= 4 is 11.0 Å². The molecule has 1 aliphatic rings. The second kappa shape index (κ2) is 6.45. The fraction of sp³-hybridized carbons (Fsp3) is 0.273. The molecule has 1 aromatic carbocycles. The Morgan fingerprint density at radius 1 is 1.27 bits per heavy atom. The van der Waals surface area contributed by atoms with Crippen LogP contribution in [0.2, 0.25) is 0 Å². The van der Waals surface area contributed by atoms with Gasteiger partial charge in [0.2, 0.25) is 0 Å². The van der Waals surface area contributed by atoms with Crippen LogP contribution in [0.25, 0.3) is 22.4 Å². The third-order valence-corrected chi connectivity index (χ3v) is 5.18. The molecule has 0 bridgehead atoms. The van der Waals surface area contributed by atoms with Gasteiger partial charge in [-0.05, 0) is 43.0 Å². The minimum Gasteiger partial charge on any atom is -0.320 e. The third kappa shape index (κ3) is 2.81. The number of fused-ring (bicyclic) bond motifs is 1. The Morgan fingerprint density at radius 3 is 2.85 bits per heavy atom. The Hall–Kier alpha value is -2.88. The molecule has 2 aromatic heterocycles. The van der Waals surface area contributed by atoms with Crippen LogP contribution >= 0.6 is 0 Å². The van der Waals surface area contributed by atoms with E-state index in [0.717, 1.165) is 41.0 Å². The lowest BCUT2D eigenvalue weighted by molar-refractivity contribution is 0.621. The van der Waals surface area contributed by atoms with E-state index in [0.29, 0.717) is 5.92 Å². The molecule has 0 amide bonds. The fourth-order valence-corrected chi connectivity index (χ4v) is 3.64. The minimum atomic E-state index is 0.0326. The molecule has 4 nitrogen and oxygen atoms in total. The van der Waals surface area contributed by atoms with Gasteiger partial charge >= 0.3 is 0 Å². The molecule has 0 saturated heterocycles. The van der Waals surface area contributed by atoms with Crippen molar-refractivity contribution < 1.29 is 0 Å². The summed E-state index contributed by atoms with van der Waals surface area (Å²) in [6.07, 6.45) is 9.54. The molecule has 0 radical (unpaired) electrons. The number of imidazole rings is 1. The monoisotopic (exact) mass is 345 g/mol. The molecule has 4 rings (SSSR count). The van der Waals surface area contributed by atoms with Crippen LogP contribution in [0, 0.1) is 12.8 Å². The molecule has 0 spiro atoms. The highest BCUT2D eigenvalue weighted by Crippen LogP contribution is 2.29. The van der Waals surface area contributed by atoms with Crippen LogP contribution in [-0.4, -0.2) is 14.1 Å². The average Bonchev–Trinajstić information content (AvgIpc) is 3.00. The normalized spacial score (nSPS) is 16.9. The zero-order chi connectivity index (χ0) is 18.3. The van der Waals surface area contributed by atoms with Crippen molar-refractivity contribution in [1.29, 1.82) is 0 Å². The van der Waals surface area contributed by atoms with Crippen molar-refractivity contribution in [2.45, 2.75) is 26.8 Å². The maximum absolute atomic E-state index is 12.1. The summed E-state index contributed by atoms with van der Waals surface area (Å²) in [4.78, 5) is 17.0. The van der Waals surface area contributed by atoms with Gasteiger partial charge in [-0.2, -0.15) is 0 Å². The van der Waals surface area contributed by atoms with Crippen LogP contribution < -0.4 is 5.56 Å². The molecule has 1 atom stereocenters. The van der Waals surface area contributed by atoms with E-state index in [1.807, 2.05) is 31.3 Å². The van der Waals surface area contributed by atoms with Gasteiger partial charge in [0.25, 0.3) is 5.56 Å². The quantitative estimate of drug-likeness (QED) is 0.712. The van der Waals surface area contributed by atoms with Crippen LogP contribution in [0.1, 0.15) is 18.9 Å². The second-order valence-electron chi connectivity index (χ2n) is 7.14. The predicted molar refractivity (Wildman–Crippen MR) is 106 cm³/mol. The van der Waals surface area contributed by atoms with E-state index in [9.17, 15) is 4.79 Å². The smallest absolute Gasteiger partial charge is 0.253 e. The molecule has 4 heteroatoms. The van der Waals surface area contributed by atoms with Gasteiger partial charge in [0.15, 0.2) is 0 Å². The summed E-state index contributed by atoms with van der Waals surface area (Å²) in [6, 6.07) is 10.2. The molecular formula is C22H23N3O. The molecule has 1 aliphatic carbocycles. The van der Waals surface area contributed by atoms with Crippen molar-refractivity contribution in [2.75, 3.05) is 0 Å². The fourth-order valence-electron chi connectivity index (χ4n) is 3.64. The van der Waals surface area contributed by atoms with Gasteiger partial charge in [-0.25, -0.2) is 4.98 Å². The molecule has 3 aromatic rings. The van der Waals surface area contributed by atoms with Gasteiger partial charge in [-0.15, -0.1) is 0 Å². The van der Waals surface area contributed by atoms with Gasteiger partial charge < -0.3 is 9.13 Å². The zero-order valence-electron chi connectivity index (χ0n) is 15.4. The van der Waals surface area contributed by atoms with E-state index >= 15 is 0 Å². The van der Waals surface area contributed by atoms with Crippen LogP contribution in [-0.2, 0) is 13.6 Å². The number of benzene rings is 1. The summed E-state index contributed by atoms with van der Waals surface area (Å²) in [6.45, 7) is 4.93. The number of allylic oxidation sites excluding steroid dienone is 4. The van der Waals surface area contributed by atoms with Crippen LogP contribution in [0.4, 0.5) is 0 Å². The summed E-state index contributed by atoms with van der Waals surface area (Å²) in [5.74, 6) is 1.43. The summed E-state index contributed by atoms with van der Waals surface area (Å²) < 4.78 is 3.91. The average molecular weight is 345 g/mol.